The Morgan fingerprint density at radius 1 is 1.20 bits per heavy atom. The Kier molecular flexibility index (Phi) is 7.43. The lowest BCUT2D eigenvalue weighted by atomic mass is 10.1. The highest BCUT2D eigenvalue weighted by molar-refractivity contribution is 9.10. The second-order valence-corrected chi connectivity index (χ2v) is 8.42. The maximum Gasteiger partial charge on any atom is 0.252 e. The molecular formula is C19H19BrFN5O3S. The van der Waals surface area contributed by atoms with Gasteiger partial charge >= 0.3 is 0 Å². The third kappa shape index (κ3) is 6.02. The maximum absolute atomic E-state index is 13.2. The number of hydrogen-bond donors (Lipinski definition) is 5. The summed E-state index contributed by atoms with van der Waals surface area (Å²) in [5.41, 5.74) is 6.12. The average Bonchev–Trinajstić information content (AvgIpc) is 2.69. The van der Waals surface area contributed by atoms with Crippen molar-refractivity contribution < 1.29 is 18.8 Å². The number of amides is 3. The number of nitrogens with two attached hydrogens (primary N) is 1. The molecule has 158 valence electrons. The van der Waals surface area contributed by atoms with Crippen molar-refractivity contribution in [1.29, 1.82) is 0 Å². The molecule has 3 unspecified atom stereocenters. The van der Waals surface area contributed by atoms with Crippen molar-refractivity contribution in [2.75, 3.05) is 11.1 Å². The SMILES string of the molecule is NC1NC(SCC(=O)Nc2cccc(F)c2)NC(=O)C1NC(=O)c1ccc(Br)cc1. The maximum atomic E-state index is 13.2. The van der Waals surface area contributed by atoms with Gasteiger partial charge in [0.1, 0.15) is 17.4 Å². The van der Waals surface area contributed by atoms with E-state index in [0.29, 0.717) is 11.3 Å². The van der Waals surface area contributed by atoms with Gasteiger partial charge in [-0.2, -0.15) is 0 Å². The van der Waals surface area contributed by atoms with Crippen molar-refractivity contribution in [1.82, 2.24) is 16.0 Å². The number of benzene rings is 2. The summed E-state index contributed by atoms with van der Waals surface area (Å²) in [6.07, 6.45) is -0.845. The van der Waals surface area contributed by atoms with Crippen LogP contribution < -0.4 is 27.0 Å². The third-order valence-electron chi connectivity index (χ3n) is 4.14. The van der Waals surface area contributed by atoms with E-state index in [-0.39, 0.29) is 11.7 Å². The molecule has 3 atom stereocenters. The smallest absolute Gasteiger partial charge is 0.252 e. The Morgan fingerprint density at radius 2 is 1.93 bits per heavy atom. The van der Waals surface area contributed by atoms with Gasteiger partial charge in [-0.3, -0.25) is 19.7 Å². The van der Waals surface area contributed by atoms with E-state index in [4.69, 9.17) is 5.73 Å². The van der Waals surface area contributed by atoms with E-state index in [1.807, 2.05) is 0 Å². The van der Waals surface area contributed by atoms with Gasteiger partial charge in [0, 0.05) is 15.7 Å². The number of halogens is 2. The molecule has 2 aromatic carbocycles. The molecule has 0 bridgehead atoms. The quantitative estimate of drug-likeness (QED) is 0.411. The fourth-order valence-electron chi connectivity index (χ4n) is 2.69. The Labute approximate surface area is 184 Å². The van der Waals surface area contributed by atoms with Gasteiger partial charge in [0.25, 0.3) is 5.91 Å². The molecule has 6 N–H and O–H groups in total. The molecule has 1 fully saturated rings. The summed E-state index contributed by atoms with van der Waals surface area (Å²) in [6, 6.07) is 11.2. The fourth-order valence-corrected chi connectivity index (χ4v) is 3.80. The molecule has 0 aliphatic carbocycles. The average molecular weight is 496 g/mol. The van der Waals surface area contributed by atoms with Crippen molar-refractivity contribution >= 4 is 51.1 Å². The number of carbonyl (C=O) groups excluding carboxylic acids is 3. The van der Waals surface area contributed by atoms with Crippen LogP contribution in [-0.2, 0) is 9.59 Å². The summed E-state index contributed by atoms with van der Waals surface area (Å²) >= 11 is 4.40. The molecule has 11 heteroatoms. The summed E-state index contributed by atoms with van der Waals surface area (Å²) in [5.74, 6) is -1.71. The van der Waals surface area contributed by atoms with Crippen molar-refractivity contribution in [3.05, 3.63) is 64.4 Å². The molecule has 2 aromatic rings. The van der Waals surface area contributed by atoms with E-state index in [9.17, 15) is 18.8 Å². The van der Waals surface area contributed by atoms with Crippen LogP contribution in [0.4, 0.5) is 10.1 Å². The zero-order valence-corrected chi connectivity index (χ0v) is 17.9. The van der Waals surface area contributed by atoms with Gasteiger partial charge < -0.3 is 21.7 Å². The molecule has 3 rings (SSSR count). The van der Waals surface area contributed by atoms with E-state index < -0.39 is 35.3 Å². The number of hydrogen-bond acceptors (Lipinski definition) is 6. The number of anilines is 1. The van der Waals surface area contributed by atoms with Gasteiger partial charge in [-0.25, -0.2) is 4.39 Å². The minimum Gasteiger partial charge on any atom is -0.338 e. The summed E-state index contributed by atoms with van der Waals surface area (Å²) in [4.78, 5) is 36.8. The van der Waals surface area contributed by atoms with E-state index in [1.54, 1.807) is 30.3 Å². The Morgan fingerprint density at radius 3 is 2.60 bits per heavy atom. The molecule has 1 aliphatic rings. The monoisotopic (exact) mass is 495 g/mol. The predicted molar refractivity (Wildman–Crippen MR) is 116 cm³/mol. The van der Waals surface area contributed by atoms with Crippen LogP contribution in [0.5, 0.6) is 0 Å². The molecule has 0 spiro atoms. The van der Waals surface area contributed by atoms with E-state index in [1.165, 1.54) is 18.2 Å². The molecule has 8 nitrogen and oxygen atoms in total. The normalized spacial score (nSPS) is 20.9. The van der Waals surface area contributed by atoms with E-state index in [2.05, 4.69) is 37.2 Å². The number of carbonyl (C=O) groups is 3. The summed E-state index contributed by atoms with van der Waals surface area (Å²) in [5, 5.41) is 10.8. The molecule has 0 radical (unpaired) electrons. The molecule has 3 amide bonds. The minimum atomic E-state index is -0.973. The largest absolute Gasteiger partial charge is 0.338 e. The first-order valence-corrected chi connectivity index (χ1v) is 10.7. The Bertz CT molecular complexity index is 946. The summed E-state index contributed by atoms with van der Waals surface area (Å²) in [6.45, 7) is 0. The first kappa shape index (κ1) is 22.2. The molecule has 1 heterocycles. The van der Waals surface area contributed by atoms with Gasteiger partial charge in [0.05, 0.1) is 11.9 Å². The van der Waals surface area contributed by atoms with Crippen molar-refractivity contribution in [2.45, 2.75) is 17.7 Å². The van der Waals surface area contributed by atoms with Crippen LogP contribution in [0.1, 0.15) is 10.4 Å². The zero-order valence-electron chi connectivity index (χ0n) is 15.5. The Balaban J connectivity index is 1.49. The lowest BCUT2D eigenvalue weighted by molar-refractivity contribution is -0.125. The van der Waals surface area contributed by atoms with Crippen molar-refractivity contribution in [3.63, 3.8) is 0 Å². The lowest BCUT2D eigenvalue weighted by Gasteiger charge is -2.35. The standard InChI is InChI=1S/C19H19BrFN5O3S/c20-11-6-4-10(5-7-11)17(28)24-15-16(22)25-19(26-18(15)29)30-9-14(27)23-13-3-1-2-12(21)8-13/h1-8,15-16,19,25H,9,22H2,(H,23,27)(H,24,28)(H,26,29). The summed E-state index contributed by atoms with van der Waals surface area (Å²) < 4.78 is 14.0. The van der Waals surface area contributed by atoms with Gasteiger partial charge in [0.2, 0.25) is 11.8 Å². The van der Waals surface area contributed by atoms with E-state index >= 15 is 0 Å². The second kappa shape index (κ2) is 10.0. The minimum absolute atomic E-state index is 0.00288. The van der Waals surface area contributed by atoms with Crippen LogP contribution in [-0.4, -0.2) is 41.2 Å². The van der Waals surface area contributed by atoms with Crippen molar-refractivity contribution in [2.24, 2.45) is 5.73 Å². The highest BCUT2D eigenvalue weighted by Crippen LogP contribution is 2.15. The van der Waals surface area contributed by atoms with Gasteiger partial charge in [-0.05, 0) is 42.5 Å². The highest BCUT2D eigenvalue weighted by Gasteiger charge is 2.35. The van der Waals surface area contributed by atoms with Crippen molar-refractivity contribution in [3.8, 4) is 0 Å². The number of rotatable bonds is 6. The third-order valence-corrected chi connectivity index (χ3v) is 5.69. The van der Waals surface area contributed by atoms with Crippen LogP contribution >= 0.6 is 27.7 Å². The molecule has 30 heavy (non-hydrogen) atoms. The Hall–Kier alpha value is -2.47. The van der Waals surface area contributed by atoms with Gasteiger partial charge in [0.15, 0.2) is 0 Å². The van der Waals surface area contributed by atoms with E-state index in [0.717, 1.165) is 16.2 Å². The van der Waals surface area contributed by atoms with Crippen LogP contribution in [0.2, 0.25) is 0 Å². The molecule has 1 aliphatic heterocycles. The van der Waals surface area contributed by atoms with Crippen LogP contribution in [0.25, 0.3) is 0 Å². The van der Waals surface area contributed by atoms with Gasteiger partial charge in [-0.1, -0.05) is 22.0 Å². The summed E-state index contributed by atoms with van der Waals surface area (Å²) in [7, 11) is 0. The topological polar surface area (TPSA) is 125 Å². The van der Waals surface area contributed by atoms with Crippen LogP contribution in [0.3, 0.4) is 0 Å². The van der Waals surface area contributed by atoms with Gasteiger partial charge in [-0.15, -0.1) is 11.8 Å². The fraction of sp³-hybridized carbons (Fsp3) is 0.211. The lowest BCUT2D eigenvalue weighted by Crippen LogP contribution is -2.70. The van der Waals surface area contributed by atoms with Crippen LogP contribution in [0.15, 0.2) is 53.0 Å². The molecule has 0 aromatic heterocycles. The molecule has 1 saturated heterocycles. The number of nitrogens with one attached hydrogen (secondary N) is 4. The number of thioether (sulfide) groups is 1. The van der Waals surface area contributed by atoms with Crippen LogP contribution in [0, 0.1) is 5.82 Å². The first-order valence-electron chi connectivity index (χ1n) is 8.87. The highest BCUT2D eigenvalue weighted by atomic mass is 79.9. The predicted octanol–water partition coefficient (Wildman–Crippen LogP) is 1.35. The first-order chi connectivity index (χ1) is 14.3. The second-order valence-electron chi connectivity index (χ2n) is 6.41. The molecule has 0 saturated carbocycles. The molecular weight excluding hydrogens is 477 g/mol. The zero-order chi connectivity index (χ0) is 21.7.